The summed E-state index contributed by atoms with van der Waals surface area (Å²) in [5, 5.41) is 2.92. The average Bonchev–Trinajstić information content (AvgIpc) is 2.77. The summed E-state index contributed by atoms with van der Waals surface area (Å²) < 4.78 is 5.91. The lowest BCUT2D eigenvalue weighted by Crippen LogP contribution is -2.39. The van der Waals surface area contributed by atoms with Crippen LogP contribution in [0.1, 0.15) is 61.4 Å². The summed E-state index contributed by atoms with van der Waals surface area (Å²) >= 11 is 0. The predicted molar refractivity (Wildman–Crippen MR) is 120 cm³/mol. The number of anilines is 1. The van der Waals surface area contributed by atoms with Crippen LogP contribution in [0.5, 0.6) is 5.75 Å². The third-order valence-electron chi connectivity index (χ3n) is 5.79. The highest BCUT2D eigenvalue weighted by Crippen LogP contribution is 2.25. The summed E-state index contributed by atoms with van der Waals surface area (Å²) in [6.07, 6.45) is 5.54. The largest absolute Gasteiger partial charge is 0.481 e. The zero-order chi connectivity index (χ0) is 21.5. The number of nitrogens with one attached hydrogen (secondary N) is 1. The molecule has 0 aromatic heterocycles. The van der Waals surface area contributed by atoms with Gasteiger partial charge in [0.05, 0.1) is 11.3 Å². The van der Waals surface area contributed by atoms with Crippen LogP contribution in [0.4, 0.5) is 5.69 Å². The van der Waals surface area contributed by atoms with Crippen LogP contribution in [0.2, 0.25) is 0 Å². The highest BCUT2D eigenvalue weighted by atomic mass is 16.5. The van der Waals surface area contributed by atoms with Crippen LogP contribution in [-0.2, 0) is 4.79 Å². The van der Waals surface area contributed by atoms with Crippen molar-refractivity contribution in [3.8, 4) is 5.75 Å². The SMILES string of the molecule is CC[C@H](Oc1cccc(C)c1)C(=O)Nc1ccccc1C(=O)N(C)C1CCCCC1. The molecule has 0 heterocycles. The number of amides is 2. The molecule has 0 unspecified atom stereocenters. The molecule has 160 valence electrons. The summed E-state index contributed by atoms with van der Waals surface area (Å²) in [6.45, 7) is 3.90. The van der Waals surface area contributed by atoms with Gasteiger partial charge in [0.25, 0.3) is 11.8 Å². The van der Waals surface area contributed by atoms with Crippen LogP contribution < -0.4 is 10.1 Å². The van der Waals surface area contributed by atoms with E-state index in [4.69, 9.17) is 4.74 Å². The zero-order valence-electron chi connectivity index (χ0n) is 18.2. The quantitative estimate of drug-likeness (QED) is 0.685. The van der Waals surface area contributed by atoms with Crippen LogP contribution in [-0.4, -0.2) is 35.9 Å². The van der Waals surface area contributed by atoms with Crippen LogP contribution in [0.3, 0.4) is 0 Å². The Bertz CT molecular complexity index is 874. The Morgan fingerprint density at radius 3 is 2.53 bits per heavy atom. The van der Waals surface area contributed by atoms with Gasteiger partial charge in [-0.05, 0) is 56.0 Å². The van der Waals surface area contributed by atoms with Crippen molar-refractivity contribution >= 4 is 17.5 Å². The van der Waals surface area contributed by atoms with Gasteiger partial charge in [-0.2, -0.15) is 0 Å². The van der Waals surface area contributed by atoms with E-state index in [1.165, 1.54) is 6.42 Å². The van der Waals surface area contributed by atoms with E-state index in [9.17, 15) is 9.59 Å². The summed E-state index contributed by atoms with van der Waals surface area (Å²) in [7, 11) is 1.87. The molecule has 0 aliphatic heterocycles. The number of hydrogen-bond acceptors (Lipinski definition) is 3. The summed E-state index contributed by atoms with van der Waals surface area (Å²) in [4.78, 5) is 27.9. The molecular weight excluding hydrogens is 376 g/mol. The zero-order valence-corrected chi connectivity index (χ0v) is 18.2. The fourth-order valence-electron chi connectivity index (χ4n) is 3.99. The number of aryl methyl sites for hydroxylation is 1. The van der Waals surface area contributed by atoms with Crippen LogP contribution in [0.25, 0.3) is 0 Å². The maximum Gasteiger partial charge on any atom is 0.265 e. The molecule has 5 nitrogen and oxygen atoms in total. The first-order chi connectivity index (χ1) is 14.5. The van der Waals surface area contributed by atoms with Gasteiger partial charge in [0, 0.05) is 13.1 Å². The van der Waals surface area contributed by atoms with Crippen molar-refractivity contribution in [2.45, 2.75) is 64.5 Å². The number of ether oxygens (including phenoxy) is 1. The van der Waals surface area contributed by atoms with E-state index < -0.39 is 6.10 Å². The summed E-state index contributed by atoms with van der Waals surface area (Å²) in [6, 6.07) is 15.1. The normalized spacial score (nSPS) is 15.3. The Labute approximate surface area is 179 Å². The molecule has 0 radical (unpaired) electrons. The second-order valence-electron chi connectivity index (χ2n) is 8.07. The second kappa shape index (κ2) is 10.3. The molecule has 1 aliphatic carbocycles. The lowest BCUT2D eigenvalue weighted by atomic mass is 9.94. The first-order valence-electron chi connectivity index (χ1n) is 10.9. The minimum absolute atomic E-state index is 0.0505. The Morgan fingerprint density at radius 2 is 1.83 bits per heavy atom. The number of carbonyl (C=O) groups excluding carboxylic acids is 2. The van der Waals surface area contributed by atoms with Crippen LogP contribution in [0.15, 0.2) is 48.5 Å². The Morgan fingerprint density at radius 1 is 1.10 bits per heavy atom. The molecule has 3 rings (SSSR count). The molecular formula is C25H32N2O3. The lowest BCUT2D eigenvalue weighted by Gasteiger charge is -2.31. The molecule has 1 saturated carbocycles. The monoisotopic (exact) mass is 408 g/mol. The third kappa shape index (κ3) is 5.41. The molecule has 1 N–H and O–H groups in total. The number of nitrogens with zero attached hydrogens (tertiary/aromatic N) is 1. The second-order valence-corrected chi connectivity index (χ2v) is 8.07. The van der Waals surface area contributed by atoms with Gasteiger partial charge < -0.3 is 15.0 Å². The minimum atomic E-state index is -0.633. The van der Waals surface area contributed by atoms with Gasteiger partial charge in [-0.25, -0.2) is 0 Å². The molecule has 0 saturated heterocycles. The van der Waals surface area contributed by atoms with Crippen molar-refractivity contribution in [3.05, 3.63) is 59.7 Å². The molecule has 1 atom stereocenters. The third-order valence-corrected chi connectivity index (χ3v) is 5.79. The molecule has 5 heteroatoms. The molecule has 30 heavy (non-hydrogen) atoms. The van der Waals surface area contributed by atoms with E-state index in [-0.39, 0.29) is 17.9 Å². The van der Waals surface area contributed by atoms with Gasteiger partial charge in [0.2, 0.25) is 0 Å². The molecule has 2 aromatic rings. The van der Waals surface area contributed by atoms with Crippen molar-refractivity contribution in [2.75, 3.05) is 12.4 Å². The van der Waals surface area contributed by atoms with E-state index in [1.54, 1.807) is 12.1 Å². The van der Waals surface area contributed by atoms with Crippen molar-refractivity contribution in [3.63, 3.8) is 0 Å². The molecule has 1 aliphatic rings. The number of hydrogen-bond donors (Lipinski definition) is 1. The smallest absolute Gasteiger partial charge is 0.265 e. The van der Waals surface area contributed by atoms with Crippen molar-refractivity contribution in [1.29, 1.82) is 0 Å². The van der Waals surface area contributed by atoms with Crippen LogP contribution in [0, 0.1) is 6.92 Å². The van der Waals surface area contributed by atoms with Gasteiger partial charge in [-0.15, -0.1) is 0 Å². The van der Waals surface area contributed by atoms with Crippen molar-refractivity contribution in [2.24, 2.45) is 0 Å². The Balaban J connectivity index is 1.72. The highest BCUT2D eigenvalue weighted by molar-refractivity contribution is 6.04. The van der Waals surface area contributed by atoms with Gasteiger partial charge in [-0.1, -0.05) is 50.5 Å². The fourth-order valence-corrected chi connectivity index (χ4v) is 3.99. The number of rotatable bonds is 7. The maximum absolute atomic E-state index is 13.2. The molecule has 2 amide bonds. The minimum Gasteiger partial charge on any atom is -0.481 e. The number of carbonyl (C=O) groups is 2. The molecule has 2 aromatic carbocycles. The molecule has 0 bridgehead atoms. The number of para-hydroxylation sites is 1. The highest BCUT2D eigenvalue weighted by Gasteiger charge is 2.26. The Kier molecular flexibility index (Phi) is 7.50. The van der Waals surface area contributed by atoms with Gasteiger partial charge in [0.1, 0.15) is 5.75 Å². The van der Waals surface area contributed by atoms with Gasteiger partial charge in [0.15, 0.2) is 6.10 Å². The summed E-state index contributed by atoms with van der Waals surface area (Å²) in [5.41, 5.74) is 2.12. The van der Waals surface area contributed by atoms with Gasteiger partial charge in [-0.3, -0.25) is 9.59 Å². The van der Waals surface area contributed by atoms with E-state index in [0.717, 1.165) is 31.2 Å². The van der Waals surface area contributed by atoms with E-state index in [0.29, 0.717) is 23.4 Å². The van der Waals surface area contributed by atoms with E-state index >= 15 is 0 Å². The van der Waals surface area contributed by atoms with Crippen LogP contribution >= 0.6 is 0 Å². The lowest BCUT2D eigenvalue weighted by molar-refractivity contribution is -0.122. The standard InChI is InChI=1S/C25H32N2O3/c1-4-23(30-20-14-10-11-18(2)17-20)24(28)26-22-16-9-8-15-21(22)25(29)27(3)19-12-6-5-7-13-19/h8-11,14-17,19,23H,4-7,12-13H2,1-3H3,(H,26,28)/t23-/m0/s1. The van der Waals surface area contributed by atoms with Crippen molar-refractivity contribution < 1.29 is 14.3 Å². The van der Waals surface area contributed by atoms with Crippen molar-refractivity contribution in [1.82, 2.24) is 4.90 Å². The molecule has 1 fully saturated rings. The van der Waals surface area contributed by atoms with Gasteiger partial charge >= 0.3 is 0 Å². The molecule has 0 spiro atoms. The van der Waals surface area contributed by atoms with E-state index in [1.807, 2.05) is 62.2 Å². The predicted octanol–water partition coefficient (Wildman–Crippen LogP) is 5.20. The summed E-state index contributed by atoms with van der Waals surface area (Å²) in [5.74, 6) is 0.364. The van der Waals surface area contributed by atoms with E-state index in [2.05, 4.69) is 5.32 Å². The Hall–Kier alpha value is -2.82. The maximum atomic E-state index is 13.2. The number of benzene rings is 2. The first-order valence-corrected chi connectivity index (χ1v) is 10.9. The first kappa shape index (κ1) is 21.9. The topological polar surface area (TPSA) is 58.6 Å². The average molecular weight is 409 g/mol. The fraction of sp³-hybridized carbons (Fsp3) is 0.440.